The van der Waals surface area contributed by atoms with E-state index in [0.717, 1.165) is 11.3 Å². The van der Waals surface area contributed by atoms with Crippen molar-refractivity contribution in [2.24, 2.45) is 0 Å². The van der Waals surface area contributed by atoms with E-state index < -0.39 is 10.0 Å². The van der Waals surface area contributed by atoms with Crippen molar-refractivity contribution in [2.75, 3.05) is 24.5 Å². The van der Waals surface area contributed by atoms with Crippen LogP contribution in [-0.2, 0) is 16.4 Å². The Morgan fingerprint density at radius 2 is 1.82 bits per heavy atom. The number of phenolic OH excluding ortho intramolecular Hbond substituents is 1. The lowest BCUT2D eigenvalue weighted by Crippen LogP contribution is -2.55. The zero-order chi connectivity index (χ0) is 19.6. The number of thiophene rings is 1. The molecule has 28 heavy (non-hydrogen) atoms. The van der Waals surface area contributed by atoms with Gasteiger partial charge in [0.1, 0.15) is 9.96 Å². The number of hydrogen-bond acceptors (Lipinski definition) is 6. The van der Waals surface area contributed by atoms with Gasteiger partial charge in [0.2, 0.25) is 0 Å². The van der Waals surface area contributed by atoms with Crippen molar-refractivity contribution in [1.29, 1.82) is 0 Å². The summed E-state index contributed by atoms with van der Waals surface area (Å²) >= 11 is 1.25. The van der Waals surface area contributed by atoms with Gasteiger partial charge in [-0.2, -0.15) is 4.31 Å². The Balaban J connectivity index is 1.62. The first kappa shape index (κ1) is 18.9. The molecule has 0 bridgehead atoms. The lowest BCUT2D eigenvalue weighted by molar-refractivity contribution is 0.331. The molecule has 8 heteroatoms. The zero-order valence-electron chi connectivity index (χ0n) is 15.2. The van der Waals surface area contributed by atoms with Gasteiger partial charge >= 0.3 is 0 Å². The van der Waals surface area contributed by atoms with Crippen molar-refractivity contribution in [3.8, 4) is 5.75 Å². The summed E-state index contributed by atoms with van der Waals surface area (Å²) in [7, 11) is -3.48. The highest BCUT2D eigenvalue weighted by atomic mass is 32.2. The Labute approximate surface area is 168 Å². The highest BCUT2D eigenvalue weighted by Crippen LogP contribution is 2.28. The minimum Gasteiger partial charge on any atom is -0.508 e. The SMILES string of the molecule is O=S(=O)(c1cccs1)N1CCN(c2ccc(O)cc2)[C@@H](Cc2ccncc2)C1. The fourth-order valence-electron chi connectivity index (χ4n) is 3.53. The van der Waals surface area contributed by atoms with Gasteiger partial charge in [0, 0.05) is 43.8 Å². The molecule has 1 aromatic carbocycles. The molecule has 1 fully saturated rings. The maximum atomic E-state index is 13.0. The van der Waals surface area contributed by atoms with Crippen LogP contribution in [0.1, 0.15) is 5.56 Å². The van der Waals surface area contributed by atoms with Gasteiger partial charge in [0.15, 0.2) is 0 Å². The lowest BCUT2D eigenvalue weighted by atomic mass is 10.0. The van der Waals surface area contributed by atoms with Crippen molar-refractivity contribution in [2.45, 2.75) is 16.7 Å². The fraction of sp³-hybridized carbons (Fsp3) is 0.250. The summed E-state index contributed by atoms with van der Waals surface area (Å²) in [4.78, 5) is 6.29. The third-order valence-electron chi connectivity index (χ3n) is 4.94. The smallest absolute Gasteiger partial charge is 0.252 e. The van der Waals surface area contributed by atoms with Crippen LogP contribution in [-0.4, -0.2) is 48.5 Å². The van der Waals surface area contributed by atoms with Crippen molar-refractivity contribution >= 4 is 27.0 Å². The van der Waals surface area contributed by atoms with Gasteiger partial charge in [-0.15, -0.1) is 11.3 Å². The predicted octanol–water partition coefficient (Wildman–Crippen LogP) is 2.97. The van der Waals surface area contributed by atoms with Crippen molar-refractivity contribution in [3.05, 3.63) is 71.9 Å². The molecule has 3 aromatic rings. The maximum absolute atomic E-state index is 13.0. The first-order valence-corrected chi connectivity index (χ1v) is 11.3. The standard InChI is InChI=1S/C20H21N3O3S2/c24-19-5-3-17(4-6-19)23-12-11-22(28(25,26)20-2-1-13-27-20)15-18(23)14-16-7-9-21-10-8-16/h1-10,13,18,24H,11-12,14-15H2/t18-/m0/s1. The van der Waals surface area contributed by atoms with Crippen LogP contribution in [0.4, 0.5) is 5.69 Å². The minimum atomic E-state index is -3.48. The van der Waals surface area contributed by atoms with E-state index in [-0.39, 0.29) is 11.8 Å². The normalized spacial score (nSPS) is 18.3. The van der Waals surface area contributed by atoms with E-state index in [4.69, 9.17) is 0 Å². The average molecular weight is 416 g/mol. The molecule has 0 unspecified atom stereocenters. The highest BCUT2D eigenvalue weighted by Gasteiger charge is 2.34. The molecule has 1 atom stereocenters. The van der Waals surface area contributed by atoms with Crippen LogP contribution in [0.2, 0.25) is 0 Å². The van der Waals surface area contributed by atoms with E-state index in [1.807, 2.05) is 24.3 Å². The molecule has 0 aliphatic carbocycles. The number of nitrogens with zero attached hydrogens (tertiary/aromatic N) is 3. The first-order valence-electron chi connectivity index (χ1n) is 9.02. The Morgan fingerprint density at radius 3 is 2.50 bits per heavy atom. The number of anilines is 1. The fourth-order valence-corrected chi connectivity index (χ4v) is 6.15. The second-order valence-corrected chi connectivity index (χ2v) is 9.83. The summed E-state index contributed by atoms with van der Waals surface area (Å²) in [5.41, 5.74) is 2.09. The van der Waals surface area contributed by atoms with Crippen LogP contribution >= 0.6 is 11.3 Å². The largest absolute Gasteiger partial charge is 0.508 e. The van der Waals surface area contributed by atoms with Crippen molar-refractivity contribution in [3.63, 3.8) is 0 Å². The van der Waals surface area contributed by atoms with Crippen LogP contribution < -0.4 is 4.90 Å². The van der Waals surface area contributed by atoms with Gasteiger partial charge in [-0.1, -0.05) is 6.07 Å². The summed E-state index contributed by atoms with van der Waals surface area (Å²) in [5.74, 6) is 0.216. The van der Waals surface area contributed by atoms with E-state index in [2.05, 4.69) is 9.88 Å². The number of aromatic nitrogens is 1. The topological polar surface area (TPSA) is 73.7 Å². The Kier molecular flexibility index (Phi) is 5.34. The van der Waals surface area contributed by atoms with Gasteiger partial charge in [-0.3, -0.25) is 4.98 Å². The van der Waals surface area contributed by atoms with E-state index >= 15 is 0 Å². The minimum absolute atomic E-state index is 0.0181. The van der Waals surface area contributed by atoms with Crippen LogP contribution in [0, 0.1) is 0 Å². The van der Waals surface area contributed by atoms with Gasteiger partial charge in [-0.25, -0.2) is 8.42 Å². The number of rotatable bonds is 5. The van der Waals surface area contributed by atoms with Crippen LogP contribution in [0.5, 0.6) is 5.75 Å². The van der Waals surface area contributed by atoms with Crippen LogP contribution in [0.3, 0.4) is 0 Å². The first-order chi connectivity index (χ1) is 13.5. The molecular formula is C20H21N3O3S2. The van der Waals surface area contributed by atoms with Crippen LogP contribution in [0.25, 0.3) is 0 Å². The van der Waals surface area contributed by atoms with Crippen molar-refractivity contribution in [1.82, 2.24) is 9.29 Å². The Hall–Kier alpha value is -2.42. The number of benzene rings is 1. The number of phenols is 1. The van der Waals surface area contributed by atoms with Gasteiger partial charge in [0.25, 0.3) is 10.0 Å². The molecule has 3 heterocycles. The van der Waals surface area contributed by atoms with Gasteiger partial charge < -0.3 is 10.0 Å². The quantitative estimate of drug-likeness (QED) is 0.694. The molecule has 1 aliphatic heterocycles. The van der Waals surface area contributed by atoms with E-state index in [0.29, 0.717) is 30.3 Å². The van der Waals surface area contributed by atoms with Crippen LogP contribution in [0.15, 0.2) is 70.5 Å². The molecule has 2 aromatic heterocycles. The van der Waals surface area contributed by atoms with E-state index in [1.165, 1.54) is 11.3 Å². The number of hydrogen-bond donors (Lipinski definition) is 1. The molecule has 0 radical (unpaired) electrons. The predicted molar refractivity (Wildman–Crippen MR) is 110 cm³/mol. The number of piperazine rings is 1. The molecule has 0 saturated carbocycles. The molecular weight excluding hydrogens is 394 g/mol. The summed E-state index contributed by atoms with van der Waals surface area (Å²) in [6.07, 6.45) is 4.21. The Morgan fingerprint density at radius 1 is 1.07 bits per heavy atom. The highest BCUT2D eigenvalue weighted by molar-refractivity contribution is 7.91. The molecule has 0 spiro atoms. The summed E-state index contributed by atoms with van der Waals surface area (Å²) in [5, 5.41) is 11.4. The number of aromatic hydroxyl groups is 1. The monoisotopic (exact) mass is 415 g/mol. The van der Waals surface area contributed by atoms with Gasteiger partial charge in [-0.05, 0) is 59.8 Å². The average Bonchev–Trinajstić information content (AvgIpc) is 3.25. The summed E-state index contributed by atoms with van der Waals surface area (Å²) < 4.78 is 28.0. The molecule has 1 aliphatic rings. The Bertz CT molecular complexity index is 1010. The molecule has 146 valence electrons. The maximum Gasteiger partial charge on any atom is 0.252 e. The van der Waals surface area contributed by atoms with Gasteiger partial charge in [0.05, 0.1) is 0 Å². The molecule has 6 nitrogen and oxygen atoms in total. The third-order valence-corrected chi connectivity index (χ3v) is 8.17. The van der Waals surface area contributed by atoms with E-state index in [9.17, 15) is 13.5 Å². The summed E-state index contributed by atoms with van der Waals surface area (Å²) in [6.45, 7) is 1.42. The number of pyridine rings is 1. The number of sulfonamides is 1. The third kappa shape index (κ3) is 3.89. The molecule has 0 amide bonds. The molecule has 1 saturated heterocycles. The van der Waals surface area contributed by atoms with Crippen molar-refractivity contribution < 1.29 is 13.5 Å². The second kappa shape index (κ2) is 7.90. The molecule has 4 rings (SSSR count). The zero-order valence-corrected chi connectivity index (χ0v) is 16.8. The molecule has 1 N–H and O–H groups in total. The lowest BCUT2D eigenvalue weighted by Gasteiger charge is -2.42. The van der Waals surface area contributed by atoms with E-state index in [1.54, 1.807) is 46.3 Å². The second-order valence-electron chi connectivity index (χ2n) is 6.72. The summed E-state index contributed by atoms with van der Waals surface area (Å²) in [6, 6.07) is 14.4.